The van der Waals surface area contributed by atoms with E-state index < -0.39 is 28.9 Å². The van der Waals surface area contributed by atoms with Crippen molar-refractivity contribution in [3.8, 4) is 0 Å². The van der Waals surface area contributed by atoms with Crippen molar-refractivity contribution < 1.29 is 26.3 Å². The highest BCUT2D eigenvalue weighted by Crippen LogP contribution is 2.67. The van der Waals surface area contributed by atoms with E-state index in [0.717, 1.165) is 29.2 Å². The number of aryl methyl sites for hydroxylation is 2. The van der Waals surface area contributed by atoms with Gasteiger partial charge in [-0.25, -0.2) is 0 Å². The minimum absolute atomic E-state index is 0.00282. The Kier molecular flexibility index (Phi) is 7.53. The van der Waals surface area contributed by atoms with Crippen LogP contribution in [0.25, 0.3) is 21.2 Å². The summed E-state index contributed by atoms with van der Waals surface area (Å²) in [6.45, 7) is 3.73. The Bertz CT molecular complexity index is 1330. The molecule has 3 aromatic rings. The van der Waals surface area contributed by atoms with Crippen LogP contribution in [0.2, 0.25) is 0 Å². The fraction of sp³-hybridized carbons (Fsp3) is 0.481. The first kappa shape index (κ1) is 27.5. The second-order valence-corrected chi connectivity index (χ2v) is 14.3. The van der Waals surface area contributed by atoms with Gasteiger partial charge in [0.05, 0.1) is 4.58 Å². The number of hydrogen-bond donors (Lipinski definition) is 0. The lowest BCUT2D eigenvalue weighted by molar-refractivity contribution is -0.254. The fourth-order valence-electron chi connectivity index (χ4n) is 5.05. The Balaban J connectivity index is 1.83. The van der Waals surface area contributed by atoms with Crippen LogP contribution in [0.3, 0.4) is 0 Å². The minimum Gasteiger partial charge on any atom is -0.194 e. The summed E-state index contributed by atoms with van der Waals surface area (Å²) in [5, 5.41) is 0.315. The average molecular weight is 593 g/mol. The topological polar surface area (TPSA) is 0 Å². The Morgan fingerprint density at radius 2 is 1.51 bits per heavy atom. The molecule has 1 fully saturated rings. The molecule has 0 spiro atoms. The number of fused-ring (bicyclic) bond motifs is 1. The highest BCUT2D eigenvalue weighted by Gasteiger charge is 2.80. The standard InChI is InChI=1S/C27H26F6S4/c1-3-5-6-10-19-16(14-20(37-19)24-34-12-13-35-24)22-23(26(30,31)27(32,33)25(22,28)29)21-15-9-7-8-11-18(15)36-17(21)4-2/h7-9,11,14,24H,3-6,10,12-13H2,1-2H3. The van der Waals surface area contributed by atoms with E-state index in [-0.39, 0.29) is 22.1 Å². The monoisotopic (exact) mass is 592 g/mol. The van der Waals surface area contributed by atoms with Crippen LogP contribution in [0.1, 0.15) is 63.5 Å². The van der Waals surface area contributed by atoms with Gasteiger partial charge >= 0.3 is 17.8 Å². The zero-order valence-electron chi connectivity index (χ0n) is 20.3. The van der Waals surface area contributed by atoms with Gasteiger partial charge in [0.1, 0.15) is 0 Å². The lowest BCUT2D eigenvalue weighted by Gasteiger charge is -2.26. The Morgan fingerprint density at radius 1 is 0.838 bits per heavy atom. The molecule has 2 aromatic heterocycles. The molecule has 0 N–H and O–H groups in total. The van der Waals surface area contributed by atoms with Crippen LogP contribution >= 0.6 is 46.2 Å². The maximum Gasteiger partial charge on any atom is 0.380 e. The Labute approximate surface area is 228 Å². The number of benzene rings is 1. The highest BCUT2D eigenvalue weighted by molar-refractivity contribution is 8.19. The number of rotatable bonds is 8. The highest BCUT2D eigenvalue weighted by atomic mass is 32.2. The zero-order chi connectivity index (χ0) is 26.6. The molecule has 0 unspecified atom stereocenters. The van der Waals surface area contributed by atoms with Crippen LogP contribution < -0.4 is 0 Å². The number of thioether (sulfide) groups is 2. The van der Waals surface area contributed by atoms with Crippen molar-refractivity contribution in [1.29, 1.82) is 0 Å². The van der Waals surface area contributed by atoms with Gasteiger partial charge in [-0.05, 0) is 37.0 Å². The number of unbranched alkanes of at least 4 members (excludes halogenated alkanes) is 2. The van der Waals surface area contributed by atoms with Gasteiger partial charge in [-0.1, -0.05) is 44.9 Å². The van der Waals surface area contributed by atoms with Crippen molar-refractivity contribution in [2.75, 3.05) is 11.5 Å². The molecule has 1 aliphatic heterocycles. The zero-order valence-corrected chi connectivity index (χ0v) is 23.6. The predicted octanol–water partition coefficient (Wildman–Crippen LogP) is 10.6. The first-order chi connectivity index (χ1) is 17.6. The Morgan fingerprint density at radius 3 is 2.19 bits per heavy atom. The van der Waals surface area contributed by atoms with Crippen LogP contribution in [-0.2, 0) is 12.8 Å². The summed E-state index contributed by atoms with van der Waals surface area (Å²) >= 11 is 5.84. The summed E-state index contributed by atoms with van der Waals surface area (Å²) < 4.78 is 93.6. The second-order valence-electron chi connectivity index (χ2n) is 9.24. The number of alkyl halides is 6. The van der Waals surface area contributed by atoms with Crippen molar-refractivity contribution in [2.45, 2.75) is 68.3 Å². The number of halogens is 6. The fourth-order valence-corrected chi connectivity index (χ4v) is 10.6. The smallest absolute Gasteiger partial charge is 0.194 e. The van der Waals surface area contributed by atoms with Gasteiger partial charge in [-0.2, -0.15) is 26.3 Å². The maximum atomic E-state index is 15.7. The quantitative estimate of drug-likeness (QED) is 0.189. The van der Waals surface area contributed by atoms with Crippen molar-refractivity contribution in [3.05, 3.63) is 56.1 Å². The molecule has 0 amide bonds. The minimum atomic E-state index is -5.54. The molecule has 200 valence electrons. The van der Waals surface area contributed by atoms with Crippen molar-refractivity contribution in [3.63, 3.8) is 0 Å². The number of thiophene rings is 2. The van der Waals surface area contributed by atoms with E-state index in [9.17, 15) is 0 Å². The van der Waals surface area contributed by atoms with Gasteiger partial charge in [-0.15, -0.1) is 46.2 Å². The molecule has 0 saturated carbocycles. The van der Waals surface area contributed by atoms with Crippen LogP contribution in [-0.4, -0.2) is 29.3 Å². The van der Waals surface area contributed by atoms with Crippen molar-refractivity contribution >= 4 is 67.4 Å². The number of hydrogen-bond acceptors (Lipinski definition) is 4. The summed E-state index contributed by atoms with van der Waals surface area (Å²) in [6.07, 6.45) is 3.07. The molecule has 5 rings (SSSR count). The molecule has 37 heavy (non-hydrogen) atoms. The molecule has 0 bridgehead atoms. The maximum absolute atomic E-state index is 15.7. The van der Waals surface area contributed by atoms with Gasteiger partial charge in [0.2, 0.25) is 0 Å². The van der Waals surface area contributed by atoms with E-state index in [0.29, 0.717) is 32.7 Å². The van der Waals surface area contributed by atoms with Gasteiger partial charge < -0.3 is 0 Å². The van der Waals surface area contributed by atoms with Gasteiger partial charge in [0, 0.05) is 52.9 Å². The van der Waals surface area contributed by atoms with Crippen LogP contribution in [0.15, 0.2) is 30.3 Å². The third-order valence-electron chi connectivity index (χ3n) is 6.87. The second kappa shape index (κ2) is 10.1. The largest absolute Gasteiger partial charge is 0.380 e. The number of allylic oxidation sites excluding steroid dienone is 2. The van der Waals surface area contributed by atoms with E-state index in [2.05, 4.69) is 0 Å². The molecular weight excluding hydrogens is 567 g/mol. The summed E-state index contributed by atoms with van der Waals surface area (Å²) in [5.74, 6) is -13.8. The van der Waals surface area contributed by atoms with Gasteiger partial charge in [0.15, 0.2) is 0 Å². The molecule has 3 heterocycles. The molecule has 1 saturated heterocycles. The van der Waals surface area contributed by atoms with E-state index in [1.165, 1.54) is 28.7 Å². The average Bonchev–Trinajstić information content (AvgIpc) is 3.61. The molecular formula is C27H26F6S4. The third-order valence-corrected chi connectivity index (χ3v) is 12.8. The van der Waals surface area contributed by atoms with E-state index in [1.807, 2.05) is 6.92 Å². The first-order valence-electron chi connectivity index (χ1n) is 12.3. The summed E-state index contributed by atoms with van der Waals surface area (Å²) in [4.78, 5) is 1.68. The molecule has 0 radical (unpaired) electrons. The molecule has 0 atom stereocenters. The third kappa shape index (κ3) is 4.28. The summed E-state index contributed by atoms with van der Waals surface area (Å²) in [5.41, 5.74) is -2.68. The van der Waals surface area contributed by atoms with E-state index in [1.54, 1.807) is 54.7 Å². The van der Waals surface area contributed by atoms with Crippen LogP contribution in [0, 0.1) is 0 Å². The molecule has 1 aliphatic carbocycles. The normalized spacial score (nSPS) is 21.0. The summed E-state index contributed by atoms with van der Waals surface area (Å²) in [7, 11) is 0. The van der Waals surface area contributed by atoms with Gasteiger partial charge in [0.25, 0.3) is 0 Å². The molecule has 1 aromatic carbocycles. The lowest BCUT2D eigenvalue weighted by atomic mass is 9.92. The predicted molar refractivity (Wildman–Crippen MR) is 148 cm³/mol. The van der Waals surface area contributed by atoms with Crippen molar-refractivity contribution in [1.82, 2.24) is 0 Å². The van der Waals surface area contributed by atoms with Crippen molar-refractivity contribution in [2.24, 2.45) is 0 Å². The van der Waals surface area contributed by atoms with Gasteiger partial charge in [-0.3, -0.25) is 0 Å². The molecule has 2 aliphatic rings. The lowest BCUT2D eigenvalue weighted by Crippen LogP contribution is -2.49. The Hall–Kier alpha value is -1.10. The SMILES string of the molecule is CCCCCc1sc(C2SCCS2)cc1C1=C(c2c(CC)sc3ccccc23)C(F)(F)C(F)(F)C1(F)F. The van der Waals surface area contributed by atoms with Crippen LogP contribution in [0.4, 0.5) is 26.3 Å². The van der Waals surface area contributed by atoms with E-state index in [4.69, 9.17) is 0 Å². The molecule has 0 nitrogen and oxygen atoms in total. The molecule has 10 heteroatoms. The summed E-state index contributed by atoms with van der Waals surface area (Å²) in [6, 6.07) is 8.11. The van der Waals surface area contributed by atoms with E-state index >= 15 is 26.3 Å². The van der Waals surface area contributed by atoms with Crippen LogP contribution in [0.5, 0.6) is 0 Å². The first-order valence-corrected chi connectivity index (χ1v) is 16.0.